The lowest BCUT2D eigenvalue weighted by molar-refractivity contribution is 0.295. The Labute approximate surface area is 220 Å². The molecular formula is C31H33FN2O4. The Bertz CT molecular complexity index is 1630. The summed E-state index contributed by atoms with van der Waals surface area (Å²) in [6, 6.07) is 14.0. The highest BCUT2D eigenvalue weighted by Crippen LogP contribution is 2.31. The lowest BCUT2D eigenvalue weighted by Crippen LogP contribution is -2.36. The number of ether oxygens (including phenoxy) is 1. The number of pyridine rings is 1. The van der Waals surface area contributed by atoms with Gasteiger partial charge in [0.05, 0.1) is 18.2 Å². The summed E-state index contributed by atoms with van der Waals surface area (Å²) in [5.74, 6) is 0.383. The summed E-state index contributed by atoms with van der Waals surface area (Å²) in [4.78, 5) is 25.5. The smallest absolute Gasteiger partial charge is 0.343 e. The first-order valence-electron chi connectivity index (χ1n) is 13.2. The Kier molecular flexibility index (Phi) is 7.47. The molecule has 6 nitrogen and oxygen atoms in total. The Hall–Kier alpha value is -3.71. The minimum atomic E-state index is -0.412. The van der Waals surface area contributed by atoms with Crippen molar-refractivity contribution in [1.29, 1.82) is 0 Å². The fourth-order valence-electron chi connectivity index (χ4n) is 5.54. The summed E-state index contributed by atoms with van der Waals surface area (Å²) in [6.45, 7) is 4.54. The average molecular weight is 517 g/mol. The number of fused-ring (bicyclic) bond motifs is 2. The Morgan fingerprint density at radius 1 is 1.11 bits per heavy atom. The van der Waals surface area contributed by atoms with E-state index >= 15 is 0 Å². The summed E-state index contributed by atoms with van der Waals surface area (Å²) >= 11 is 0. The van der Waals surface area contributed by atoms with Crippen molar-refractivity contribution in [2.75, 3.05) is 13.7 Å². The van der Waals surface area contributed by atoms with Crippen LogP contribution in [0.1, 0.15) is 56.2 Å². The molecule has 0 unspecified atom stereocenters. The molecule has 0 atom stereocenters. The third-order valence-electron chi connectivity index (χ3n) is 7.79. The van der Waals surface area contributed by atoms with E-state index in [1.165, 1.54) is 18.2 Å². The first kappa shape index (κ1) is 25.9. The van der Waals surface area contributed by atoms with Crippen LogP contribution in [0.5, 0.6) is 5.75 Å². The molecule has 7 heteroatoms. The number of benzene rings is 2. The molecule has 1 fully saturated rings. The van der Waals surface area contributed by atoms with Crippen molar-refractivity contribution in [2.45, 2.75) is 58.0 Å². The van der Waals surface area contributed by atoms with E-state index in [1.807, 2.05) is 41.8 Å². The number of halogens is 1. The van der Waals surface area contributed by atoms with Gasteiger partial charge < -0.3 is 19.0 Å². The highest BCUT2D eigenvalue weighted by atomic mass is 19.1. The van der Waals surface area contributed by atoms with E-state index in [0.717, 1.165) is 59.9 Å². The van der Waals surface area contributed by atoms with Crippen LogP contribution in [0.2, 0.25) is 0 Å². The van der Waals surface area contributed by atoms with Gasteiger partial charge in [-0.1, -0.05) is 12.5 Å². The van der Waals surface area contributed by atoms with Gasteiger partial charge in [0.1, 0.15) is 17.1 Å². The highest BCUT2D eigenvalue weighted by molar-refractivity contribution is 5.83. The van der Waals surface area contributed by atoms with Crippen molar-refractivity contribution in [3.05, 3.63) is 91.8 Å². The zero-order chi connectivity index (χ0) is 26.8. The largest absolute Gasteiger partial charge is 0.497 e. The highest BCUT2D eigenvalue weighted by Gasteiger charge is 2.24. The number of hydrogen-bond donors (Lipinski definition) is 1. The molecule has 0 aliphatic heterocycles. The Balaban J connectivity index is 1.29. The van der Waals surface area contributed by atoms with Gasteiger partial charge in [-0.05, 0) is 92.5 Å². The zero-order valence-corrected chi connectivity index (χ0v) is 22.1. The van der Waals surface area contributed by atoms with Gasteiger partial charge in [0.15, 0.2) is 0 Å². The van der Waals surface area contributed by atoms with Crippen molar-refractivity contribution in [3.8, 4) is 5.75 Å². The van der Waals surface area contributed by atoms with E-state index in [9.17, 15) is 14.0 Å². The second kappa shape index (κ2) is 11.0. The molecule has 198 valence electrons. The van der Waals surface area contributed by atoms with E-state index in [1.54, 1.807) is 13.2 Å². The summed E-state index contributed by atoms with van der Waals surface area (Å²) in [5.41, 5.74) is 3.18. The number of nitrogens with zero attached hydrogens (tertiary/aromatic N) is 1. The van der Waals surface area contributed by atoms with Gasteiger partial charge >= 0.3 is 5.63 Å². The molecule has 1 aliphatic rings. The molecule has 4 aromatic rings. The van der Waals surface area contributed by atoms with Gasteiger partial charge in [0.2, 0.25) is 0 Å². The number of aryl methyl sites for hydroxylation is 1. The first-order chi connectivity index (χ1) is 18.4. The van der Waals surface area contributed by atoms with Crippen LogP contribution >= 0.6 is 0 Å². The number of methoxy groups -OCH3 is 1. The van der Waals surface area contributed by atoms with E-state index < -0.39 is 5.63 Å². The lowest BCUT2D eigenvalue weighted by atomic mass is 9.90. The number of hydrogen-bond acceptors (Lipinski definition) is 5. The number of nitrogens with one attached hydrogen (secondary N) is 1. The van der Waals surface area contributed by atoms with Crippen LogP contribution in [0.3, 0.4) is 0 Å². The number of aromatic nitrogens is 1. The quantitative estimate of drug-likeness (QED) is 0.299. The van der Waals surface area contributed by atoms with Gasteiger partial charge in [-0.25, -0.2) is 9.18 Å². The third kappa shape index (κ3) is 5.16. The maximum atomic E-state index is 13.8. The molecule has 1 saturated carbocycles. The van der Waals surface area contributed by atoms with Gasteiger partial charge in [0.25, 0.3) is 5.56 Å². The monoisotopic (exact) mass is 516 g/mol. The molecule has 0 spiro atoms. The van der Waals surface area contributed by atoms with E-state index in [0.29, 0.717) is 29.1 Å². The van der Waals surface area contributed by atoms with Crippen molar-refractivity contribution in [2.24, 2.45) is 0 Å². The predicted molar refractivity (Wildman–Crippen MR) is 150 cm³/mol. The van der Waals surface area contributed by atoms with Crippen molar-refractivity contribution in [1.82, 2.24) is 9.88 Å². The van der Waals surface area contributed by atoms with E-state index in [-0.39, 0.29) is 17.4 Å². The third-order valence-corrected chi connectivity index (χ3v) is 7.79. The van der Waals surface area contributed by atoms with Crippen LogP contribution in [-0.4, -0.2) is 24.3 Å². The summed E-state index contributed by atoms with van der Waals surface area (Å²) in [7, 11) is 1.64. The van der Waals surface area contributed by atoms with Crippen LogP contribution in [0, 0.1) is 12.7 Å². The van der Waals surface area contributed by atoms with Crippen LogP contribution in [0.25, 0.3) is 27.9 Å². The SMILES string of the molecule is CC/C(=C\c1c(C)c2cc(F)ccc2oc1=O)CNC1CCC(n2c(=O)ccc3ccc(OC)cc32)CC1. The molecular weight excluding hydrogens is 483 g/mol. The summed E-state index contributed by atoms with van der Waals surface area (Å²) < 4.78 is 26.6. The summed E-state index contributed by atoms with van der Waals surface area (Å²) in [5, 5.41) is 5.29. The molecule has 1 aliphatic carbocycles. The fourth-order valence-corrected chi connectivity index (χ4v) is 5.54. The first-order valence-corrected chi connectivity index (χ1v) is 13.2. The molecule has 0 amide bonds. The fraction of sp³-hybridized carbons (Fsp3) is 0.355. The zero-order valence-electron chi connectivity index (χ0n) is 22.1. The number of rotatable bonds is 7. The van der Waals surface area contributed by atoms with Crippen LogP contribution in [0.15, 0.2) is 68.1 Å². The van der Waals surface area contributed by atoms with Crippen molar-refractivity contribution in [3.63, 3.8) is 0 Å². The molecule has 2 heterocycles. The van der Waals surface area contributed by atoms with Gasteiger partial charge in [-0.15, -0.1) is 0 Å². The molecule has 5 rings (SSSR count). The molecule has 1 N–H and O–H groups in total. The molecule has 0 bridgehead atoms. The van der Waals surface area contributed by atoms with Crippen LogP contribution in [0.4, 0.5) is 4.39 Å². The predicted octanol–water partition coefficient (Wildman–Crippen LogP) is 6.13. The molecule has 2 aromatic heterocycles. The molecule has 38 heavy (non-hydrogen) atoms. The standard InChI is InChI=1S/C31H33FN2O4/c1-4-20(15-27-19(2)26-16-22(32)7-13-29(26)38-31(27)36)18-33-23-8-10-24(11-9-23)34-28-17-25(37-3)12-5-21(28)6-14-30(34)35/h5-7,12-17,23-24,33H,4,8-11,18H2,1-3H3/b20-15+. The summed E-state index contributed by atoms with van der Waals surface area (Å²) in [6.07, 6.45) is 6.36. The van der Waals surface area contributed by atoms with E-state index in [4.69, 9.17) is 9.15 Å². The van der Waals surface area contributed by atoms with Crippen LogP contribution in [-0.2, 0) is 0 Å². The Morgan fingerprint density at radius 2 is 1.87 bits per heavy atom. The second-order valence-electron chi connectivity index (χ2n) is 10.1. The maximum absolute atomic E-state index is 13.8. The normalized spacial score (nSPS) is 18.3. The molecule has 0 saturated heterocycles. The topological polar surface area (TPSA) is 73.5 Å². The van der Waals surface area contributed by atoms with E-state index in [2.05, 4.69) is 12.2 Å². The van der Waals surface area contributed by atoms with Gasteiger partial charge in [0, 0.05) is 36.1 Å². The maximum Gasteiger partial charge on any atom is 0.343 e. The minimum Gasteiger partial charge on any atom is -0.497 e. The van der Waals surface area contributed by atoms with Gasteiger partial charge in [-0.3, -0.25) is 4.79 Å². The van der Waals surface area contributed by atoms with Crippen LogP contribution < -0.4 is 21.2 Å². The minimum absolute atomic E-state index is 0.0165. The Morgan fingerprint density at radius 3 is 2.61 bits per heavy atom. The van der Waals surface area contributed by atoms with Gasteiger partial charge in [-0.2, -0.15) is 0 Å². The van der Waals surface area contributed by atoms with Crippen molar-refractivity contribution < 1.29 is 13.5 Å². The molecule has 0 radical (unpaired) electrons. The molecule has 2 aromatic carbocycles. The van der Waals surface area contributed by atoms with Crippen molar-refractivity contribution >= 4 is 27.9 Å². The average Bonchev–Trinajstić information content (AvgIpc) is 2.93. The second-order valence-corrected chi connectivity index (χ2v) is 10.1. The lowest BCUT2D eigenvalue weighted by Gasteiger charge is -2.31.